The van der Waals surface area contributed by atoms with Gasteiger partial charge in [0.25, 0.3) is 0 Å². The average molecular weight is 424 g/mol. The van der Waals surface area contributed by atoms with Crippen LogP contribution in [0.25, 0.3) is 11.0 Å². The lowest BCUT2D eigenvalue weighted by Gasteiger charge is -2.20. The van der Waals surface area contributed by atoms with Gasteiger partial charge in [0.05, 0.1) is 22.5 Å². The van der Waals surface area contributed by atoms with E-state index in [0.29, 0.717) is 17.8 Å². The van der Waals surface area contributed by atoms with Crippen LogP contribution in [0.5, 0.6) is 0 Å². The van der Waals surface area contributed by atoms with E-state index < -0.39 is 10.0 Å². The Morgan fingerprint density at radius 1 is 1.17 bits per heavy atom. The smallest absolute Gasteiger partial charge is 0.242 e. The Labute approximate surface area is 171 Å². The van der Waals surface area contributed by atoms with E-state index in [9.17, 15) is 18.0 Å². The van der Waals surface area contributed by atoms with Crippen molar-refractivity contribution in [3.05, 3.63) is 24.0 Å². The second kappa shape index (κ2) is 8.50. The van der Waals surface area contributed by atoms with Crippen molar-refractivity contribution in [3.63, 3.8) is 0 Å². The second-order valence-corrected chi connectivity index (χ2v) is 10.3. The number of aryl methyl sites for hydroxylation is 2. The summed E-state index contributed by atoms with van der Waals surface area (Å²) in [6.07, 6.45) is 0.538. The molecule has 0 radical (unpaired) electrons. The van der Waals surface area contributed by atoms with Gasteiger partial charge in [-0.3, -0.25) is 9.59 Å². The molecule has 0 atom stereocenters. The number of carbonyl (C=O) groups excluding carboxylic acids is 2. The molecule has 0 spiro atoms. The van der Waals surface area contributed by atoms with Crippen LogP contribution in [-0.4, -0.2) is 60.3 Å². The van der Waals surface area contributed by atoms with Crippen molar-refractivity contribution in [1.29, 1.82) is 0 Å². The first-order valence-corrected chi connectivity index (χ1v) is 10.7. The van der Waals surface area contributed by atoms with E-state index in [1.165, 1.54) is 20.2 Å². The van der Waals surface area contributed by atoms with E-state index in [1.807, 2.05) is 32.4 Å². The lowest BCUT2D eigenvalue weighted by atomic mass is 10.1. The van der Waals surface area contributed by atoms with E-state index in [4.69, 9.17) is 0 Å². The first kappa shape index (κ1) is 22.8. The lowest BCUT2D eigenvalue weighted by Crippen LogP contribution is -2.45. The SMILES string of the molecule is CN(C)S(=O)(=O)c1ccc2c(c1)nc(CCC(=O)NCC(=O)NC(C)(C)C)n2C. The first-order valence-electron chi connectivity index (χ1n) is 9.27. The molecule has 2 amide bonds. The molecule has 0 aliphatic rings. The molecule has 9 nitrogen and oxygen atoms in total. The van der Waals surface area contributed by atoms with Gasteiger partial charge in [0, 0.05) is 39.5 Å². The van der Waals surface area contributed by atoms with Gasteiger partial charge in [0.2, 0.25) is 21.8 Å². The van der Waals surface area contributed by atoms with Gasteiger partial charge < -0.3 is 15.2 Å². The molecular weight excluding hydrogens is 394 g/mol. The molecular formula is C19H29N5O4S. The summed E-state index contributed by atoms with van der Waals surface area (Å²) in [5, 5.41) is 5.37. The molecule has 2 aromatic rings. The van der Waals surface area contributed by atoms with Crippen LogP contribution >= 0.6 is 0 Å². The number of fused-ring (bicyclic) bond motifs is 1. The van der Waals surface area contributed by atoms with E-state index >= 15 is 0 Å². The third-order valence-electron chi connectivity index (χ3n) is 4.26. The number of nitrogens with one attached hydrogen (secondary N) is 2. The largest absolute Gasteiger partial charge is 0.350 e. The average Bonchev–Trinajstić information content (AvgIpc) is 2.92. The monoisotopic (exact) mass is 423 g/mol. The number of amides is 2. The maximum Gasteiger partial charge on any atom is 0.242 e. The lowest BCUT2D eigenvalue weighted by molar-refractivity contribution is -0.126. The maximum absolute atomic E-state index is 12.3. The highest BCUT2D eigenvalue weighted by Gasteiger charge is 2.19. The molecule has 29 heavy (non-hydrogen) atoms. The zero-order valence-electron chi connectivity index (χ0n) is 17.7. The Morgan fingerprint density at radius 3 is 2.41 bits per heavy atom. The summed E-state index contributed by atoms with van der Waals surface area (Å²) in [6, 6.07) is 4.79. The zero-order valence-corrected chi connectivity index (χ0v) is 18.6. The van der Waals surface area contributed by atoms with Crippen LogP contribution < -0.4 is 10.6 Å². The topological polar surface area (TPSA) is 113 Å². The summed E-state index contributed by atoms with van der Waals surface area (Å²) < 4.78 is 27.6. The molecule has 0 fully saturated rings. The van der Waals surface area contributed by atoms with Crippen molar-refractivity contribution in [1.82, 2.24) is 24.5 Å². The Bertz CT molecular complexity index is 1020. The number of nitrogens with zero attached hydrogens (tertiary/aromatic N) is 3. The van der Waals surface area contributed by atoms with Crippen molar-refractivity contribution < 1.29 is 18.0 Å². The van der Waals surface area contributed by atoms with Crippen LogP contribution in [0.15, 0.2) is 23.1 Å². The number of imidazole rings is 1. The fourth-order valence-electron chi connectivity index (χ4n) is 2.78. The van der Waals surface area contributed by atoms with Crippen LogP contribution in [0.4, 0.5) is 0 Å². The Kier molecular flexibility index (Phi) is 6.69. The minimum absolute atomic E-state index is 0.0790. The minimum atomic E-state index is -3.54. The molecule has 1 heterocycles. The Hall–Kier alpha value is -2.46. The predicted molar refractivity (Wildman–Crippen MR) is 111 cm³/mol. The number of sulfonamides is 1. The van der Waals surface area contributed by atoms with Gasteiger partial charge in [-0.1, -0.05) is 0 Å². The summed E-state index contributed by atoms with van der Waals surface area (Å²) in [7, 11) is 1.23. The molecule has 2 rings (SSSR count). The molecule has 2 N–H and O–H groups in total. The van der Waals surface area contributed by atoms with E-state index in [1.54, 1.807) is 12.1 Å². The van der Waals surface area contributed by atoms with Crippen molar-refractivity contribution >= 4 is 32.9 Å². The predicted octanol–water partition coefficient (Wildman–Crippen LogP) is 0.787. The minimum Gasteiger partial charge on any atom is -0.350 e. The summed E-state index contributed by atoms with van der Waals surface area (Å²) >= 11 is 0. The molecule has 0 aliphatic heterocycles. The summed E-state index contributed by atoms with van der Waals surface area (Å²) in [4.78, 5) is 28.5. The Morgan fingerprint density at radius 2 is 1.83 bits per heavy atom. The van der Waals surface area contributed by atoms with Gasteiger partial charge in [0.1, 0.15) is 5.82 Å². The highest BCUT2D eigenvalue weighted by atomic mass is 32.2. The van der Waals surface area contributed by atoms with Gasteiger partial charge in [0.15, 0.2) is 0 Å². The fourth-order valence-corrected chi connectivity index (χ4v) is 3.70. The number of rotatable bonds is 7. The van der Waals surface area contributed by atoms with Crippen LogP contribution in [0.1, 0.15) is 33.0 Å². The molecule has 0 bridgehead atoms. The summed E-state index contributed by atoms with van der Waals surface area (Å²) in [5.41, 5.74) is 0.978. The Balaban J connectivity index is 2.04. The normalized spacial score (nSPS) is 12.4. The molecule has 0 saturated carbocycles. The van der Waals surface area contributed by atoms with Gasteiger partial charge in [-0.05, 0) is 39.0 Å². The van der Waals surface area contributed by atoms with Gasteiger partial charge in [-0.2, -0.15) is 0 Å². The molecule has 1 aromatic carbocycles. The van der Waals surface area contributed by atoms with Crippen molar-refractivity contribution in [2.45, 2.75) is 44.0 Å². The molecule has 0 saturated heterocycles. The first-order chi connectivity index (χ1) is 13.3. The summed E-state index contributed by atoms with van der Waals surface area (Å²) in [6.45, 7) is 5.53. The second-order valence-electron chi connectivity index (χ2n) is 8.10. The standard InChI is InChI=1S/C19H29N5O4S/c1-19(2,3)22-18(26)12-20-17(25)10-9-16-21-14-11-13(29(27,28)23(4)5)7-8-15(14)24(16)6/h7-8,11H,9-10,12H2,1-6H3,(H,20,25)(H,22,26). The van der Waals surface area contributed by atoms with Crippen LogP contribution in [0.2, 0.25) is 0 Å². The number of benzene rings is 1. The third kappa shape index (κ3) is 5.77. The summed E-state index contributed by atoms with van der Waals surface area (Å²) in [5.74, 6) is 0.161. The molecule has 10 heteroatoms. The maximum atomic E-state index is 12.3. The third-order valence-corrected chi connectivity index (χ3v) is 6.07. The van der Waals surface area contributed by atoms with E-state index in [0.717, 1.165) is 9.82 Å². The molecule has 160 valence electrons. The molecule has 1 aromatic heterocycles. The molecule has 0 aliphatic carbocycles. The van der Waals surface area contributed by atoms with Gasteiger partial charge >= 0.3 is 0 Å². The quantitative estimate of drug-likeness (QED) is 0.683. The van der Waals surface area contributed by atoms with Crippen molar-refractivity contribution in [2.24, 2.45) is 7.05 Å². The van der Waals surface area contributed by atoms with E-state index in [-0.39, 0.29) is 35.2 Å². The van der Waals surface area contributed by atoms with Crippen molar-refractivity contribution in [3.8, 4) is 0 Å². The van der Waals surface area contributed by atoms with Crippen molar-refractivity contribution in [2.75, 3.05) is 20.6 Å². The van der Waals surface area contributed by atoms with Gasteiger partial charge in [-0.15, -0.1) is 0 Å². The van der Waals surface area contributed by atoms with Gasteiger partial charge in [-0.25, -0.2) is 17.7 Å². The highest BCUT2D eigenvalue weighted by molar-refractivity contribution is 7.89. The fraction of sp³-hybridized carbons (Fsp3) is 0.526. The van der Waals surface area contributed by atoms with Crippen LogP contribution in [-0.2, 0) is 33.1 Å². The zero-order chi connectivity index (χ0) is 22.0. The number of hydrogen-bond donors (Lipinski definition) is 2. The van der Waals surface area contributed by atoms with Crippen LogP contribution in [0, 0.1) is 0 Å². The van der Waals surface area contributed by atoms with E-state index in [2.05, 4.69) is 15.6 Å². The van der Waals surface area contributed by atoms with Crippen LogP contribution in [0.3, 0.4) is 0 Å². The highest BCUT2D eigenvalue weighted by Crippen LogP contribution is 2.21. The molecule has 0 unspecified atom stereocenters. The number of aromatic nitrogens is 2. The number of hydrogen-bond acceptors (Lipinski definition) is 5. The number of carbonyl (C=O) groups is 2.